The lowest BCUT2D eigenvalue weighted by Crippen LogP contribution is -2.50. The van der Waals surface area contributed by atoms with Crippen molar-refractivity contribution in [3.8, 4) is 0 Å². The summed E-state index contributed by atoms with van der Waals surface area (Å²) in [4.78, 5) is 41.3. The van der Waals surface area contributed by atoms with Crippen LogP contribution in [0.4, 0.5) is 5.69 Å². The van der Waals surface area contributed by atoms with Crippen LogP contribution >= 0.6 is 11.6 Å². The van der Waals surface area contributed by atoms with Gasteiger partial charge in [0.05, 0.1) is 24.5 Å². The number of aliphatic hydroxyl groups excluding tert-OH is 1. The van der Waals surface area contributed by atoms with Gasteiger partial charge in [0.2, 0.25) is 17.7 Å². The highest BCUT2D eigenvalue weighted by molar-refractivity contribution is 6.30. The molecule has 2 aliphatic rings. The quantitative estimate of drug-likeness (QED) is 0.559. The summed E-state index contributed by atoms with van der Waals surface area (Å²) < 4.78 is 0. The molecule has 1 aromatic rings. The number of rotatable bonds is 7. The average molecular weight is 448 g/mol. The van der Waals surface area contributed by atoms with Crippen LogP contribution in [0, 0.1) is 23.7 Å². The van der Waals surface area contributed by atoms with Crippen molar-refractivity contribution in [2.24, 2.45) is 23.7 Å². The molecule has 0 spiro atoms. The summed E-state index contributed by atoms with van der Waals surface area (Å²) in [5.74, 6) is -2.52. The van der Waals surface area contributed by atoms with E-state index < -0.39 is 29.8 Å². The monoisotopic (exact) mass is 447 g/mol. The Hall–Kier alpha value is -2.38. The van der Waals surface area contributed by atoms with E-state index in [1.165, 1.54) is 4.90 Å². The van der Waals surface area contributed by atoms with E-state index in [1.54, 1.807) is 31.3 Å². The first kappa shape index (κ1) is 23.3. The van der Waals surface area contributed by atoms with Gasteiger partial charge in [-0.05, 0) is 43.0 Å². The summed E-state index contributed by atoms with van der Waals surface area (Å²) >= 11 is 5.93. The SMILES string of the molecule is CC[C@@H](CO)N1C(=O)[C@@H]2[C@H](C=C[C@@H](CC)[C@H]2C(=O)NC)[C@H]1C(=O)Nc1ccc(Cl)cc1. The standard InChI is InChI=1S/C23H30ClN3O4/c1-4-13-6-11-17-19(18(13)21(29)25-3)23(31)27(16(5-2)12-28)20(17)22(30)26-15-9-7-14(24)8-10-15/h6-11,13,16-20,28H,4-5,12H2,1-3H3,(H,25,29)(H,26,30)/t13-,16+,17+,18-,19-,20+/m1/s1. The largest absolute Gasteiger partial charge is 0.394 e. The molecule has 31 heavy (non-hydrogen) atoms. The van der Waals surface area contributed by atoms with E-state index in [9.17, 15) is 19.5 Å². The summed E-state index contributed by atoms with van der Waals surface area (Å²) in [5.41, 5.74) is 0.566. The van der Waals surface area contributed by atoms with E-state index >= 15 is 0 Å². The fraction of sp³-hybridized carbons (Fsp3) is 0.522. The van der Waals surface area contributed by atoms with Crippen molar-refractivity contribution >= 4 is 35.0 Å². The van der Waals surface area contributed by atoms with Crippen molar-refractivity contribution in [2.45, 2.75) is 38.8 Å². The fourth-order valence-corrected chi connectivity index (χ4v) is 5.04. The molecule has 3 N–H and O–H groups in total. The molecule has 0 unspecified atom stereocenters. The topological polar surface area (TPSA) is 98.7 Å². The normalized spacial score (nSPS) is 28.2. The molecule has 1 aliphatic heterocycles. The third-order valence-corrected chi connectivity index (χ3v) is 6.78. The van der Waals surface area contributed by atoms with Crippen LogP contribution in [0.5, 0.6) is 0 Å². The molecule has 8 heteroatoms. The number of hydrogen-bond acceptors (Lipinski definition) is 4. The maximum Gasteiger partial charge on any atom is 0.247 e. The summed E-state index contributed by atoms with van der Waals surface area (Å²) in [6.45, 7) is 3.60. The maximum atomic E-state index is 13.6. The molecule has 1 aromatic carbocycles. The molecule has 0 saturated carbocycles. The van der Waals surface area contributed by atoms with Crippen LogP contribution in [0.2, 0.25) is 5.02 Å². The molecule has 3 amide bonds. The van der Waals surface area contributed by atoms with Crippen LogP contribution < -0.4 is 10.6 Å². The lowest BCUT2D eigenvalue weighted by atomic mass is 9.69. The minimum absolute atomic E-state index is 0.0840. The third-order valence-electron chi connectivity index (χ3n) is 6.52. The van der Waals surface area contributed by atoms with E-state index in [1.807, 2.05) is 26.0 Å². The van der Waals surface area contributed by atoms with Gasteiger partial charge in [-0.1, -0.05) is 37.6 Å². The number of nitrogens with zero attached hydrogens (tertiary/aromatic N) is 1. The lowest BCUT2D eigenvalue weighted by molar-refractivity contribution is -0.142. The number of benzene rings is 1. The number of fused-ring (bicyclic) bond motifs is 1. The van der Waals surface area contributed by atoms with Crippen molar-refractivity contribution in [3.63, 3.8) is 0 Å². The molecule has 7 nitrogen and oxygen atoms in total. The predicted octanol–water partition coefficient (Wildman–Crippen LogP) is 2.45. The Morgan fingerprint density at radius 3 is 2.39 bits per heavy atom. The Morgan fingerprint density at radius 1 is 1.16 bits per heavy atom. The number of hydrogen-bond donors (Lipinski definition) is 3. The van der Waals surface area contributed by atoms with Crippen LogP contribution in [0.15, 0.2) is 36.4 Å². The van der Waals surface area contributed by atoms with Crippen LogP contribution in [0.3, 0.4) is 0 Å². The summed E-state index contributed by atoms with van der Waals surface area (Å²) in [6.07, 6.45) is 5.08. The van der Waals surface area contributed by atoms with Gasteiger partial charge in [-0.15, -0.1) is 0 Å². The van der Waals surface area contributed by atoms with E-state index in [4.69, 9.17) is 11.6 Å². The molecule has 1 heterocycles. The highest BCUT2D eigenvalue weighted by Gasteiger charge is 2.58. The molecule has 1 saturated heterocycles. The number of likely N-dealkylation sites (tertiary alicyclic amines) is 1. The zero-order valence-electron chi connectivity index (χ0n) is 18.0. The number of carbonyl (C=O) groups excluding carboxylic acids is 3. The zero-order valence-corrected chi connectivity index (χ0v) is 18.8. The van der Waals surface area contributed by atoms with Crippen molar-refractivity contribution in [3.05, 3.63) is 41.4 Å². The second-order valence-electron chi connectivity index (χ2n) is 8.13. The van der Waals surface area contributed by atoms with Gasteiger partial charge in [0, 0.05) is 23.7 Å². The number of nitrogens with one attached hydrogen (secondary N) is 2. The van der Waals surface area contributed by atoms with Crippen LogP contribution in [-0.2, 0) is 14.4 Å². The van der Waals surface area contributed by atoms with Crippen molar-refractivity contribution < 1.29 is 19.5 Å². The van der Waals surface area contributed by atoms with Gasteiger partial charge < -0.3 is 20.6 Å². The van der Waals surface area contributed by atoms with Crippen molar-refractivity contribution in [2.75, 3.05) is 19.0 Å². The molecule has 3 rings (SSSR count). The minimum Gasteiger partial charge on any atom is -0.394 e. The molecular formula is C23H30ClN3O4. The number of carbonyl (C=O) groups is 3. The van der Waals surface area contributed by atoms with Gasteiger partial charge in [-0.2, -0.15) is 0 Å². The Bertz CT molecular complexity index is 853. The smallest absolute Gasteiger partial charge is 0.247 e. The zero-order chi connectivity index (χ0) is 22.7. The molecular weight excluding hydrogens is 418 g/mol. The first-order valence-electron chi connectivity index (χ1n) is 10.8. The maximum absolute atomic E-state index is 13.6. The Morgan fingerprint density at radius 2 is 1.84 bits per heavy atom. The molecule has 1 fully saturated rings. The average Bonchev–Trinajstić information content (AvgIpc) is 3.07. The third kappa shape index (κ3) is 4.34. The number of aliphatic hydroxyl groups is 1. The lowest BCUT2D eigenvalue weighted by Gasteiger charge is -2.34. The van der Waals surface area contributed by atoms with E-state index in [2.05, 4.69) is 10.6 Å². The molecule has 1 aliphatic carbocycles. The molecule has 0 bridgehead atoms. The van der Waals surface area contributed by atoms with Crippen LogP contribution in [0.1, 0.15) is 26.7 Å². The highest BCUT2D eigenvalue weighted by atomic mass is 35.5. The second kappa shape index (κ2) is 9.83. The van der Waals surface area contributed by atoms with Gasteiger partial charge in [0.25, 0.3) is 0 Å². The molecule has 0 aromatic heterocycles. The number of anilines is 1. The first-order chi connectivity index (χ1) is 14.9. The van der Waals surface area contributed by atoms with Crippen molar-refractivity contribution in [1.82, 2.24) is 10.2 Å². The summed E-state index contributed by atoms with van der Waals surface area (Å²) in [7, 11) is 1.56. The second-order valence-corrected chi connectivity index (χ2v) is 8.57. The minimum atomic E-state index is -0.813. The molecule has 6 atom stereocenters. The predicted molar refractivity (Wildman–Crippen MR) is 119 cm³/mol. The Labute approximate surface area is 187 Å². The van der Waals surface area contributed by atoms with Gasteiger partial charge in [0.1, 0.15) is 6.04 Å². The fourth-order valence-electron chi connectivity index (χ4n) is 4.92. The van der Waals surface area contributed by atoms with Crippen LogP contribution in [-0.4, -0.2) is 53.5 Å². The van der Waals surface area contributed by atoms with Gasteiger partial charge in [-0.3, -0.25) is 14.4 Å². The molecule has 0 radical (unpaired) electrons. The van der Waals surface area contributed by atoms with Gasteiger partial charge >= 0.3 is 0 Å². The first-order valence-corrected chi connectivity index (χ1v) is 11.1. The Kier molecular flexibility index (Phi) is 7.38. The van der Waals surface area contributed by atoms with Crippen LogP contribution in [0.25, 0.3) is 0 Å². The van der Waals surface area contributed by atoms with E-state index in [-0.39, 0.29) is 30.2 Å². The van der Waals surface area contributed by atoms with E-state index in [0.29, 0.717) is 23.6 Å². The van der Waals surface area contributed by atoms with Crippen molar-refractivity contribution in [1.29, 1.82) is 0 Å². The number of halogens is 1. The number of allylic oxidation sites excluding steroid dienone is 1. The van der Waals surface area contributed by atoms with E-state index in [0.717, 1.165) is 0 Å². The summed E-state index contributed by atoms with van der Waals surface area (Å²) in [5, 5.41) is 16.1. The highest BCUT2D eigenvalue weighted by Crippen LogP contribution is 2.46. The van der Waals surface area contributed by atoms with Gasteiger partial charge in [0.15, 0.2) is 0 Å². The van der Waals surface area contributed by atoms with Gasteiger partial charge in [-0.25, -0.2) is 0 Å². The summed E-state index contributed by atoms with van der Waals surface area (Å²) in [6, 6.07) is 5.42. The Balaban J connectivity index is 2.01. The molecule has 168 valence electrons. The number of amides is 3.